The Balaban J connectivity index is 4.47. The highest BCUT2D eigenvalue weighted by molar-refractivity contribution is 5.80. The summed E-state index contributed by atoms with van der Waals surface area (Å²) in [5.41, 5.74) is -0.500. The van der Waals surface area contributed by atoms with Gasteiger partial charge in [-0.25, -0.2) is 4.79 Å². The van der Waals surface area contributed by atoms with Gasteiger partial charge in [-0.05, 0) is 47.0 Å². The van der Waals surface area contributed by atoms with Crippen molar-refractivity contribution in [2.75, 3.05) is 46.6 Å². The lowest BCUT2D eigenvalue weighted by Gasteiger charge is -2.24. The van der Waals surface area contributed by atoms with Crippen molar-refractivity contribution < 1.29 is 19.0 Å². The van der Waals surface area contributed by atoms with E-state index in [4.69, 9.17) is 14.2 Å². The maximum absolute atomic E-state index is 12.0. The van der Waals surface area contributed by atoms with E-state index in [-0.39, 0.29) is 6.04 Å². The number of hydrogen-bond donors (Lipinski definition) is 3. The molecule has 8 nitrogen and oxygen atoms in total. The first kappa shape index (κ1) is 27.5. The molecule has 1 unspecified atom stereocenters. The van der Waals surface area contributed by atoms with E-state index in [2.05, 4.69) is 27.9 Å². The molecule has 0 saturated carbocycles. The fourth-order valence-corrected chi connectivity index (χ4v) is 2.46. The van der Waals surface area contributed by atoms with Crippen LogP contribution in [0.1, 0.15) is 66.7 Å². The molecule has 0 spiro atoms. The zero-order chi connectivity index (χ0) is 22.0. The normalized spacial score (nSPS) is 13.1. The smallest absolute Gasteiger partial charge is 0.407 e. The summed E-state index contributed by atoms with van der Waals surface area (Å²) in [6.45, 7) is 13.8. The zero-order valence-corrected chi connectivity index (χ0v) is 19.4. The number of rotatable bonds is 15. The van der Waals surface area contributed by atoms with Crippen LogP contribution in [0.5, 0.6) is 0 Å². The van der Waals surface area contributed by atoms with Gasteiger partial charge in [0, 0.05) is 39.4 Å². The molecule has 0 aliphatic carbocycles. The zero-order valence-electron chi connectivity index (χ0n) is 19.4. The fourth-order valence-electron chi connectivity index (χ4n) is 2.46. The average Bonchev–Trinajstić information content (AvgIpc) is 2.64. The second-order valence-electron chi connectivity index (χ2n) is 7.94. The van der Waals surface area contributed by atoms with E-state index in [9.17, 15) is 4.79 Å². The fraction of sp³-hybridized carbons (Fsp3) is 0.905. The lowest BCUT2D eigenvalue weighted by Crippen LogP contribution is -2.49. The van der Waals surface area contributed by atoms with Crippen LogP contribution in [-0.2, 0) is 14.2 Å². The second kappa shape index (κ2) is 17.3. The Labute approximate surface area is 177 Å². The van der Waals surface area contributed by atoms with Gasteiger partial charge in [0.1, 0.15) is 5.60 Å². The minimum absolute atomic E-state index is 0.0950. The van der Waals surface area contributed by atoms with E-state index < -0.39 is 11.7 Å². The van der Waals surface area contributed by atoms with Crippen molar-refractivity contribution in [3.63, 3.8) is 0 Å². The lowest BCUT2D eigenvalue weighted by atomic mass is 10.1. The Morgan fingerprint density at radius 3 is 2.41 bits per heavy atom. The monoisotopic (exact) mass is 416 g/mol. The van der Waals surface area contributed by atoms with Gasteiger partial charge in [0.05, 0.1) is 13.2 Å². The van der Waals surface area contributed by atoms with E-state index in [0.29, 0.717) is 19.8 Å². The van der Waals surface area contributed by atoms with Crippen LogP contribution in [0.25, 0.3) is 0 Å². The number of amides is 1. The molecule has 0 aliphatic rings. The first-order valence-corrected chi connectivity index (χ1v) is 10.9. The number of nitrogens with zero attached hydrogens (tertiary/aromatic N) is 1. The third kappa shape index (κ3) is 18.2. The van der Waals surface area contributed by atoms with Crippen molar-refractivity contribution in [1.29, 1.82) is 0 Å². The summed E-state index contributed by atoms with van der Waals surface area (Å²) in [4.78, 5) is 16.6. The molecule has 0 saturated heterocycles. The average molecular weight is 417 g/mol. The summed E-state index contributed by atoms with van der Waals surface area (Å²) < 4.78 is 15.8. The molecule has 1 atom stereocenters. The SMILES string of the molecule is CCCCC(CNC(=O)OC(C)(C)C)NC(=NCCCCOCCOC)NCC. The van der Waals surface area contributed by atoms with Gasteiger partial charge in [-0.3, -0.25) is 4.99 Å². The molecule has 0 fully saturated rings. The molecule has 29 heavy (non-hydrogen) atoms. The van der Waals surface area contributed by atoms with Crippen LogP contribution in [-0.4, -0.2) is 70.3 Å². The second-order valence-corrected chi connectivity index (χ2v) is 7.94. The quantitative estimate of drug-likeness (QED) is 0.216. The maximum Gasteiger partial charge on any atom is 0.407 e. The molecule has 0 bridgehead atoms. The summed E-state index contributed by atoms with van der Waals surface area (Å²) in [5.74, 6) is 0.778. The molecule has 8 heteroatoms. The molecule has 3 N–H and O–H groups in total. The Hall–Kier alpha value is -1.54. The highest BCUT2D eigenvalue weighted by Crippen LogP contribution is 2.07. The number of alkyl carbamates (subject to hydrolysis) is 1. The number of unbranched alkanes of at least 4 members (excludes halogenated alkanes) is 2. The molecule has 0 rings (SSSR count). The van der Waals surface area contributed by atoms with Crippen LogP contribution in [0.15, 0.2) is 4.99 Å². The van der Waals surface area contributed by atoms with Gasteiger partial charge in [-0.15, -0.1) is 0 Å². The lowest BCUT2D eigenvalue weighted by molar-refractivity contribution is 0.0522. The Kier molecular flexibility index (Phi) is 16.4. The van der Waals surface area contributed by atoms with Gasteiger partial charge < -0.3 is 30.2 Å². The molecule has 0 aliphatic heterocycles. The number of aliphatic imine (C=N–C) groups is 1. The van der Waals surface area contributed by atoms with Crippen molar-refractivity contribution in [2.45, 2.75) is 78.4 Å². The minimum Gasteiger partial charge on any atom is -0.444 e. The predicted octanol–water partition coefficient (Wildman–Crippen LogP) is 3.07. The van der Waals surface area contributed by atoms with Crippen LogP contribution >= 0.6 is 0 Å². The predicted molar refractivity (Wildman–Crippen MR) is 119 cm³/mol. The largest absolute Gasteiger partial charge is 0.444 e. The van der Waals surface area contributed by atoms with E-state index in [1.54, 1.807) is 7.11 Å². The van der Waals surface area contributed by atoms with Crippen molar-refractivity contribution >= 4 is 12.1 Å². The summed E-state index contributed by atoms with van der Waals surface area (Å²) >= 11 is 0. The molecule has 0 radical (unpaired) electrons. The third-order valence-corrected chi connectivity index (χ3v) is 3.88. The van der Waals surface area contributed by atoms with Gasteiger partial charge >= 0.3 is 6.09 Å². The number of carbonyl (C=O) groups excluding carboxylic acids is 1. The molecule has 0 aromatic carbocycles. The summed E-state index contributed by atoms with van der Waals surface area (Å²) in [5, 5.41) is 9.59. The molecular formula is C21H44N4O4. The van der Waals surface area contributed by atoms with Gasteiger partial charge in [0.2, 0.25) is 0 Å². The van der Waals surface area contributed by atoms with Gasteiger partial charge in [0.15, 0.2) is 5.96 Å². The van der Waals surface area contributed by atoms with Gasteiger partial charge in [-0.2, -0.15) is 0 Å². The summed E-state index contributed by atoms with van der Waals surface area (Å²) in [6.07, 6.45) is 4.65. The number of nitrogens with one attached hydrogen (secondary N) is 3. The topological polar surface area (TPSA) is 93.2 Å². The highest BCUT2D eigenvalue weighted by Gasteiger charge is 2.18. The van der Waals surface area contributed by atoms with Crippen LogP contribution in [0.4, 0.5) is 4.79 Å². The molecule has 0 aromatic heterocycles. The van der Waals surface area contributed by atoms with E-state index in [1.165, 1.54) is 0 Å². The molecule has 0 heterocycles. The first-order valence-electron chi connectivity index (χ1n) is 10.9. The maximum atomic E-state index is 12.0. The van der Waals surface area contributed by atoms with Crippen LogP contribution in [0, 0.1) is 0 Å². The van der Waals surface area contributed by atoms with Crippen molar-refractivity contribution in [1.82, 2.24) is 16.0 Å². The summed E-state index contributed by atoms with van der Waals surface area (Å²) in [6, 6.07) is 0.0950. The van der Waals surface area contributed by atoms with Crippen LogP contribution < -0.4 is 16.0 Å². The Bertz CT molecular complexity index is 439. The molecule has 0 aromatic rings. The van der Waals surface area contributed by atoms with Gasteiger partial charge in [-0.1, -0.05) is 19.8 Å². The number of methoxy groups -OCH3 is 1. The molecule has 172 valence electrons. The number of hydrogen-bond acceptors (Lipinski definition) is 5. The van der Waals surface area contributed by atoms with E-state index in [0.717, 1.165) is 57.8 Å². The molecular weight excluding hydrogens is 372 g/mol. The number of ether oxygens (including phenoxy) is 3. The van der Waals surface area contributed by atoms with Crippen LogP contribution in [0.3, 0.4) is 0 Å². The minimum atomic E-state index is -0.500. The first-order chi connectivity index (χ1) is 13.8. The molecule has 1 amide bonds. The highest BCUT2D eigenvalue weighted by atomic mass is 16.6. The van der Waals surface area contributed by atoms with E-state index >= 15 is 0 Å². The standard InChI is InChI=1S/C21H44N4O4/c1-7-9-12-18(17-24-20(26)29-21(3,4)5)25-19(22-8-2)23-13-10-11-14-28-16-15-27-6/h18H,7-17H2,1-6H3,(H,24,26)(H2,22,23,25). The van der Waals surface area contributed by atoms with Gasteiger partial charge in [0.25, 0.3) is 0 Å². The Morgan fingerprint density at radius 2 is 1.79 bits per heavy atom. The third-order valence-electron chi connectivity index (χ3n) is 3.88. The number of guanidine groups is 1. The van der Waals surface area contributed by atoms with Crippen molar-refractivity contribution in [3.8, 4) is 0 Å². The Morgan fingerprint density at radius 1 is 1.03 bits per heavy atom. The van der Waals surface area contributed by atoms with Crippen LogP contribution in [0.2, 0.25) is 0 Å². The van der Waals surface area contributed by atoms with E-state index in [1.807, 2.05) is 27.7 Å². The van der Waals surface area contributed by atoms with Crippen molar-refractivity contribution in [3.05, 3.63) is 0 Å². The van der Waals surface area contributed by atoms with Crippen molar-refractivity contribution in [2.24, 2.45) is 4.99 Å². The summed E-state index contributed by atoms with van der Waals surface area (Å²) in [7, 11) is 1.67. The number of carbonyl (C=O) groups is 1.